The summed E-state index contributed by atoms with van der Waals surface area (Å²) in [5, 5.41) is 4.29. The SMILES string of the molecule is CCOCOc1cscc1-c1c(C(C)C)cc(C(C)C)cc1C(C)C. The van der Waals surface area contributed by atoms with Crippen LogP contribution in [0.25, 0.3) is 11.1 Å². The molecule has 0 aliphatic heterocycles. The van der Waals surface area contributed by atoms with Crippen LogP contribution in [-0.4, -0.2) is 13.4 Å². The molecule has 2 aromatic rings. The lowest BCUT2D eigenvalue weighted by atomic mass is 9.82. The summed E-state index contributed by atoms with van der Waals surface area (Å²) in [5.41, 5.74) is 6.79. The largest absolute Gasteiger partial charge is 0.466 e. The lowest BCUT2D eigenvalue weighted by Gasteiger charge is -2.23. The van der Waals surface area contributed by atoms with Crippen LogP contribution < -0.4 is 4.74 Å². The highest BCUT2D eigenvalue weighted by atomic mass is 32.1. The predicted molar refractivity (Wildman–Crippen MR) is 109 cm³/mol. The quantitative estimate of drug-likeness (QED) is 0.367. The van der Waals surface area contributed by atoms with Crippen molar-refractivity contribution in [1.29, 1.82) is 0 Å². The highest BCUT2D eigenvalue weighted by Crippen LogP contribution is 2.43. The fourth-order valence-electron chi connectivity index (χ4n) is 3.03. The molecule has 0 spiro atoms. The van der Waals surface area contributed by atoms with Crippen molar-refractivity contribution in [3.05, 3.63) is 39.6 Å². The zero-order valence-corrected chi connectivity index (χ0v) is 17.5. The Morgan fingerprint density at radius 1 is 0.880 bits per heavy atom. The van der Waals surface area contributed by atoms with E-state index in [4.69, 9.17) is 9.47 Å². The molecule has 0 amide bonds. The Kier molecular flexibility index (Phi) is 7.09. The second-order valence-electron chi connectivity index (χ2n) is 7.44. The summed E-state index contributed by atoms with van der Waals surface area (Å²) in [6.45, 7) is 16.6. The molecule has 0 saturated heterocycles. The Morgan fingerprint density at radius 2 is 1.48 bits per heavy atom. The maximum Gasteiger partial charge on any atom is 0.189 e. The van der Waals surface area contributed by atoms with Gasteiger partial charge in [-0.15, -0.1) is 11.3 Å². The molecule has 25 heavy (non-hydrogen) atoms. The monoisotopic (exact) mass is 360 g/mol. The van der Waals surface area contributed by atoms with E-state index in [0.717, 1.165) is 5.75 Å². The van der Waals surface area contributed by atoms with Gasteiger partial charge in [0.15, 0.2) is 6.79 Å². The third-order valence-corrected chi connectivity index (χ3v) is 5.25. The molecule has 1 aromatic heterocycles. The van der Waals surface area contributed by atoms with Crippen LogP contribution in [-0.2, 0) is 4.74 Å². The first-order chi connectivity index (χ1) is 11.9. The lowest BCUT2D eigenvalue weighted by molar-refractivity contribution is 0.0230. The van der Waals surface area contributed by atoms with E-state index in [1.165, 1.54) is 27.8 Å². The normalized spacial score (nSPS) is 11.8. The second kappa shape index (κ2) is 8.86. The number of hydrogen-bond donors (Lipinski definition) is 0. The summed E-state index contributed by atoms with van der Waals surface area (Å²) in [5.74, 6) is 2.39. The van der Waals surface area contributed by atoms with E-state index in [1.54, 1.807) is 11.3 Å². The number of thiophene rings is 1. The van der Waals surface area contributed by atoms with E-state index in [9.17, 15) is 0 Å². The third kappa shape index (κ3) is 4.65. The van der Waals surface area contributed by atoms with Crippen LogP contribution in [0.4, 0.5) is 0 Å². The topological polar surface area (TPSA) is 18.5 Å². The summed E-state index contributed by atoms with van der Waals surface area (Å²) in [6.07, 6.45) is 0. The highest BCUT2D eigenvalue weighted by Gasteiger charge is 2.21. The van der Waals surface area contributed by atoms with Gasteiger partial charge in [0.2, 0.25) is 0 Å². The van der Waals surface area contributed by atoms with Crippen molar-refractivity contribution in [1.82, 2.24) is 0 Å². The van der Waals surface area contributed by atoms with Crippen molar-refractivity contribution in [3.8, 4) is 16.9 Å². The van der Waals surface area contributed by atoms with Crippen LogP contribution in [0.5, 0.6) is 5.75 Å². The molecule has 2 nitrogen and oxygen atoms in total. The zero-order chi connectivity index (χ0) is 18.6. The molecule has 0 aliphatic carbocycles. The summed E-state index contributed by atoms with van der Waals surface area (Å²) >= 11 is 1.69. The molecule has 0 bridgehead atoms. The first kappa shape index (κ1) is 20.0. The minimum absolute atomic E-state index is 0.304. The van der Waals surface area contributed by atoms with Gasteiger partial charge in [0.05, 0.1) is 0 Å². The predicted octanol–water partition coefficient (Wildman–Crippen LogP) is 7.16. The minimum atomic E-state index is 0.304. The summed E-state index contributed by atoms with van der Waals surface area (Å²) in [4.78, 5) is 0. The highest BCUT2D eigenvalue weighted by molar-refractivity contribution is 7.08. The Morgan fingerprint density at radius 3 is 1.96 bits per heavy atom. The van der Waals surface area contributed by atoms with E-state index < -0.39 is 0 Å². The molecule has 2 rings (SSSR count). The maximum absolute atomic E-state index is 5.91. The molecule has 1 heterocycles. The van der Waals surface area contributed by atoms with E-state index in [1.807, 2.05) is 6.92 Å². The van der Waals surface area contributed by atoms with Crippen LogP contribution in [0.3, 0.4) is 0 Å². The van der Waals surface area contributed by atoms with Crippen molar-refractivity contribution in [2.45, 2.75) is 66.2 Å². The molecule has 0 N–H and O–H groups in total. The molecule has 0 fully saturated rings. The summed E-state index contributed by atoms with van der Waals surface area (Å²) in [7, 11) is 0. The van der Waals surface area contributed by atoms with Crippen molar-refractivity contribution < 1.29 is 9.47 Å². The first-order valence-electron chi connectivity index (χ1n) is 9.31. The van der Waals surface area contributed by atoms with Crippen molar-refractivity contribution in [2.75, 3.05) is 13.4 Å². The van der Waals surface area contributed by atoms with Gasteiger partial charge in [-0.1, -0.05) is 53.7 Å². The molecule has 1 aromatic carbocycles. The maximum atomic E-state index is 5.91. The van der Waals surface area contributed by atoms with Crippen LogP contribution in [0, 0.1) is 0 Å². The lowest BCUT2D eigenvalue weighted by Crippen LogP contribution is -2.05. The average molecular weight is 361 g/mol. The van der Waals surface area contributed by atoms with Gasteiger partial charge in [-0.3, -0.25) is 0 Å². The van der Waals surface area contributed by atoms with Crippen molar-refractivity contribution in [2.24, 2.45) is 0 Å². The number of rotatable bonds is 8. The van der Waals surface area contributed by atoms with Crippen LogP contribution in [0.1, 0.15) is 82.9 Å². The molecule has 0 radical (unpaired) electrons. The second-order valence-corrected chi connectivity index (χ2v) is 8.19. The van der Waals surface area contributed by atoms with E-state index in [-0.39, 0.29) is 0 Å². The molecular weight excluding hydrogens is 328 g/mol. The van der Waals surface area contributed by atoms with Gasteiger partial charge >= 0.3 is 0 Å². The van der Waals surface area contributed by atoms with Gasteiger partial charge in [0.1, 0.15) is 5.75 Å². The van der Waals surface area contributed by atoms with Gasteiger partial charge in [-0.05, 0) is 46.9 Å². The molecular formula is C22H32O2S. The fraction of sp³-hybridized carbons (Fsp3) is 0.545. The number of benzene rings is 1. The Balaban J connectivity index is 2.61. The van der Waals surface area contributed by atoms with Gasteiger partial charge < -0.3 is 9.47 Å². The first-order valence-corrected chi connectivity index (χ1v) is 10.3. The van der Waals surface area contributed by atoms with E-state index in [0.29, 0.717) is 31.2 Å². The minimum Gasteiger partial charge on any atom is -0.466 e. The van der Waals surface area contributed by atoms with Gasteiger partial charge in [0.25, 0.3) is 0 Å². The van der Waals surface area contributed by atoms with E-state index >= 15 is 0 Å². The van der Waals surface area contributed by atoms with E-state index in [2.05, 4.69) is 64.4 Å². The van der Waals surface area contributed by atoms with Crippen LogP contribution in [0.2, 0.25) is 0 Å². The molecule has 0 aliphatic rings. The molecule has 0 unspecified atom stereocenters. The van der Waals surface area contributed by atoms with Gasteiger partial charge in [-0.25, -0.2) is 0 Å². The summed E-state index contributed by atoms with van der Waals surface area (Å²) in [6, 6.07) is 4.78. The van der Waals surface area contributed by atoms with Crippen molar-refractivity contribution in [3.63, 3.8) is 0 Å². The number of ether oxygens (including phenoxy) is 2. The average Bonchev–Trinajstić information content (AvgIpc) is 3.01. The summed E-state index contributed by atoms with van der Waals surface area (Å²) < 4.78 is 11.3. The van der Waals surface area contributed by atoms with Crippen LogP contribution in [0.15, 0.2) is 22.9 Å². The smallest absolute Gasteiger partial charge is 0.189 e. The van der Waals surface area contributed by atoms with Crippen molar-refractivity contribution >= 4 is 11.3 Å². The molecule has 138 valence electrons. The standard InChI is InChI=1S/C22H32O2S/c1-8-23-13-24-21-12-25-11-20(21)22-18(15(4)5)9-17(14(2)3)10-19(22)16(6)7/h9-12,14-16H,8,13H2,1-7H3. The Hall–Kier alpha value is -1.32. The van der Waals surface area contributed by atoms with Gasteiger partial charge in [-0.2, -0.15) is 0 Å². The molecule has 0 atom stereocenters. The number of hydrogen-bond acceptors (Lipinski definition) is 3. The van der Waals surface area contributed by atoms with Crippen LogP contribution >= 0.6 is 11.3 Å². The zero-order valence-electron chi connectivity index (χ0n) is 16.7. The molecule has 0 saturated carbocycles. The Bertz CT molecular complexity index is 654. The van der Waals surface area contributed by atoms with Gasteiger partial charge in [0, 0.05) is 22.9 Å². The fourth-order valence-corrected chi connectivity index (χ4v) is 3.79. The third-order valence-electron chi connectivity index (χ3n) is 4.53. The molecule has 3 heteroatoms. The Labute approximate surface area is 157 Å².